The van der Waals surface area contributed by atoms with E-state index in [0.717, 1.165) is 0 Å². The zero-order chi connectivity index (χ0) is 18.1. The number of nitrogens with zero attached hydrogens (tertiary/aromatic N) is 2. The van der Waals surface area contributed by atoms with E-state index in [4.69, 9.17) is 10.2 Å². The van der Waals surface area contributed by atoms with Gasteiger partial charge in [0.2, 0.25) is 5.91 Å². The smallest absolute Gasteiger partial charge is 0.349 e. The first-order valence-electron chi connectivity index (χ1n) is 7.67. The highest BCUT2D eigenvalue weighted by atomic mass is 16.6. The predicted molar refractivity (Wildman–Crippen MR) is 87.0 cm³/mol. The number of carbonyl (C=O) groups is 2. The van der Waals surface area contributed by atoms with Crippen LogP contribution in [0.2, 0.25) is 0 Å². The molecule has 3 rings (SSSR count). The maximum atomic E-state index is 12.6. The van der Waals surface area contributed by atoms with E-state index >= 15 is 0 Å². The van der Waals surface area contributed by atoms with Crippen LogP contribution in [-0.2, 0) is 4.79 Å². The topological polar surface area (TPSA) is 137 Å². The summed E-state index contributed by atoms with van der Waals surface area (Å²) in [4.78, 5) is 47.6. The molecule has 0 bridgehead atoms. The van der Waals surface area contributed by atoms with Gasteiger partial charge in [-0.25, -0.2) is 4.79 Å². The maximum absolute atomic E-state index is 12.6. The maximum Gasteiger partial charge on any atom is 0.349 e. The Morgan fingerprint density at radius 2 is 1.92 bits per heavy atom. The van der Waals surface area contributed by atoms with E-state index in [9.17, 15) is 24.5 Å². The summed E-state index contributed by atoms with van der Waals surface area (Å²) in [6.45, 7) is 0.609. The lowest BCUT2D eigenvalue weighted by Crippen LogP contribution is -2.42. The number of non-ortho nitro benzene ring substituents is 1. The number of amides is 2. The number of carbonyl (C=O) groups excluding carboxylic acids is 2. The molecule has 130 valence electrons. The van der Waals surface area contributed by atoms with Crippen LogP contribution in [0.4, 0.5) is 5.69 Å². The van der Waals surface area contributed by atoms with E-state index in [1.54, 1.807) is 0 Å². The van der Waals surface area contributed by atoms with Crippen molar-refractivity contribution < 1.29 is 18.9 Å². The first kappa shape index (κ1) is 16.6. The molecule has 1 aliphatic rings. The van der Waals surface area contributed by atoms with Crippen LogP contribution >= 0.6 is 0 Å². The summed E-state index contributed by atoms with van der Waals surface area (Å²) >= 11 is 0. The summed E-state index contributed by atoms with van der Waals surface area (Å²) in [5.41, 5.74) is 4.27. The molecule has 0 aliphatic carbocycles. The summed E-state index contributed by atoms with van der Waals surface area (Å²) in [6.07, 6.45) is 0.872. The molecule has 9 heteroatoms. The molecule has 0 spiro atoms. The Morgan fingerprint density at radius 3 is 2.52 bits per heavy atom. The van der Waals surface area contributed by atoms with Gasteiger partial charge in [0.15, 0.2) is 0 Å². The first-order chi connectivity index (χ1) is 11.9. The van der Waals surface area contributed by atoms with Crippen molar-refractivity contribution in [3.8, 4) is 0 Å². The van der Waals surface area contributed by atoms with E-state index in [1.807, 2.05) is 0 Å². The van der Waals surface area contributed by atoms with E-state index in [0.29, 0.717) is 31.3 Å². The van der Waals surface area contributed by atoms with Gasteiger partial charge in [0, 0.05) is 36.5 Å². The Balaban J connectivity index is 1.91. The molecule has 25 heavy (non-hydrogen) atoms. The minimum absolute atomic E-state index is 0.165. The Bertz CT molecular complexity index is 927. The third-order valence-electron chi connectivity index (χ3n) is 4.34. The number of primary amides is 1. The van der Waals surface area contributed by atoms with Crippen molar-refractivity contribution in [2.45, 2.75) is 12.8 Å². The van der Waals surface area contributed by atoms with Gasteiger partial charge in [0.25, 0.3) is 11.6 Å². The molecule has 9 nitrogen and oxygen atoms in total. The van der Waals surface area contributed by atoms with Crippen molar-refractivity contribution in [3.63, 3.8) is 0 Å². The molecule has 0 unspecified atom stereocenters. The van der Waals surface area contributed by atoms with Crippen molar-refractivity contribution >= 4 is 28.5 Å². The Labute approximate surface area is 141 Å². The molecular weight excluding hydrogens is 330 g/mol. The average Bonchev–Trinajstić information content (AvgIpc) is 2.60. The van der Waals surface area contributed by atoms with E-state index < -0.39 is 22.4 Å². The van der Waals surface area contributed by atoms with Crippen LogP contribution in [0.5, 0.6) is 0 Å². The Kier molecular flexibility index (Phi) is 4.22. The number of fused-ring (bicyclic) bond motifs is 1. The number of nitro benzene ring substituents is 1. The molecule has 2 amide bonds. The minimum atomic E-state index is -0.802. The standard InChI is InChI=1S/C16H15N3O6/c17-14(20)9-3-5-18(6-4-9)15(21)12-8-10-7-11(19(23)24)1-2-13(10)25-16(12)22/h1-2,7-9H,3-6H2,(H2,17,20). The Hall–Kier alpha value is -3.23. The van der Waals surface area contributed by atoms with Crippen LogP contribution in [0.15, 0.2) is 33.5 Å². The quantitative estimate of drug-likeness (QED) is 0.501. The highest BCUT2D eigenvalue weighted by Crippen LogP contribution is 2.22. The predicted octanol–water partition coefficient (Wildman–Crippen LogP) is 1.04. The van der Waals surface area contributed by atoms with Crippen LogP contribution in [0.25, 0.3) is 11.0 Å². The largest absolute Gasteiger partial charge is 0.422 e. The van der Waals surface area contributed by atoms with Crippen molar-refractivity contribution in [1.29, 1.82) is 0 Å². The highest BCUT2D eigenvalue weighted by Gasteiger charge is 2.28. The van der Waals surface area contributed by atoms with Crippen molar-refractivity contribution in [2.24, 2.45) is 11.7 Å². The number of rotatable bonds is 3. The molecule has 2 heterocycles. The van der Waals surface area contributed by atoms with Crippen LogP contribution in [0.1, 0.15) is 23.2 Å². The zero-order valence-corrected chi connectivity index (χ0v) is 13.1. The normalized spacial score (nSPS) is 15.3. The lowest BCUT2D eigenvalue weighted by atomic mass is 9.96. The van der Waals surface area contributed by atoms with Crippen molar-refractivity contribution in [3.05, 3.63) is 50.4 Å². The number of likely N-dealkylation sites (tertiary alicyclic amines) is 1. The van der Waals surface area contributed by atoms with Gasteiger partial charge >= 0.3 is 5.63 Å². The summed E-state index contributed by atoms with van der Waals surface area (Å²) < 4.78 is 5.10. The van der Waals surface area contributed by atoms with Crippen LogP contribution in [0.3, 0.4) is 0 Å². The second-order valence-electron chi connectivity index (χ2n) is 5.90. The van der Waals surface area contributed by atoms with Crippen molar-refractivity contribution in [2.75, 3.05) is 13.1 Å². The average molecular weight is 345 g/mol. The first-order valence-corrected chi connectivity index (χ1v) is 7.67. The second-order valence-corrected chi connectivity index (χ2v) is 5.90. The molecule has 1 fully saturated rings. The summed E-state index contributed by atoms with van der Waals surface area (Å²) in [5, 5.41) is 11.2. The van der Waals surface area contributed by atoms with Gasteiger partial charge in [-0.05, 0) is 25.0 Å². The van der Waals surface area contributed by atoms with Gasteiger partial charge in [-0.3, -0.25) is 19.7 Å². The number of piperidine rings is 1. The van der Waals surface area contributed by atoms with E-state index in [-0.39, 0.29) is 22.8 Å². The highest BCUT2D eigenvalue weighted by molar-refractivity contribution is 5.97. The van der Waals surface area contributed by atoms with Gasteiger partial charge in [0.05, 0.1) is 4.92 Å². The number of benzene rings is 1. The fourth-order valence-corrected chi connectivity index (χ4v) is 2.91. The van der Waals surface area contributed by atoms with Crippen LogP contribution in [-0.4, -0.2) is 34.7 Å². The third kappa shape index (κ3) is 3.21. The molecule has 1 aliphatic heterocycles. The molecular formula is C16H15N3O6. The zero-order valence-electron chi connectivity index (χ0n) is 13.1. The summed E-state index contributed by atoms with van der Waals surface area (Å²) in [5.74, 6) is -1.20. The van der Waals surface area contributed by atoms with Gasteiger partial charge in [-0.2, -0.15) is 0 Å². The summed E-state index contributed by atoms with van der Waals surface area (Å²) in [7, 11) is 0. The van der Waals surface area contributed by atoms with Gasteiger partial charge in [-0.1, -0.05) is 0 Å². The van der Waals surface area contributed by atoms with Crippen molar-refractivity contribution in [1.82, 2.24) is 4.90 Å². The lowest BCUT2D eigenvalue weighted by molar-refractivity contribution is -0.384. The monoisotopic (exact) mass is 345 g/mol. The van der Waals surface area contributed by atoms with Crippen LogP contribution in [0, 0.1) is 16.0 Å². The second kappa shape index (κ2) is 6.34. The lowest BCUT2D eigenvalue weighted by Gasteiger charge is -2.30. The Morgan fingerprint density at radius 1 is 1.24 bits per heavy atom. The molecule has 1 saturated heterocycles. The van der Waals surface area contributed by atoms with Crippen LogP contribution < -0.4 is 11.4 Å². The molecule has 0 atom stereocenters. The molecule has 0 radical (unpaired) electrons. The summed E-state index contributed by atoms with van der Waals surface area (Å²) in [6, 6.07) is 5.09. The van der Waals surface area contributed by atoms with Gasteiger partial charge < -0.3 is 15.1 Å². The number of hydrogen-bond acceptors (Lipinski definition) is 6. The number of nitro groups is 1. The SMILES string of the molecule is NC(=O)C1CCN(C(=O)c2cc3cc([N+](=O)[O-])ccc3oc2=O)CC1. The minimum Gasteiger partial charge on any atom is -0.422 e. The fraction of sp³-hybridized carbons (Fsp3) is 0.312. The molecule has 0 saturated carbocycles. The van der Waals surface area contributed by atoms with Gasteiger partial charge in [-0.15, -0.1) is 0 Å². The third-order valence-corrected chi connectivity index (χ3v) is 4.34. The molecule has 2 N–H and O–H groups in total. The number of hydrogen-bond donors (Lipinski definition) is 1. The van der Waals surface area contributed by atoms with E-state index in [1.165, 1.54) is 29.2 Å². The fourth-order valence-electron chi connectivity index (χ4n) is 2.91. The number of nitrogens with two attached hydrogens (primary N) is 1. The molecule has 1 aromatic heterocycles. The van der Waals surface area contributed by atoms with E-state index in [2.05, 4.69) is 0 Å². The molecule has 2 aromatic rings. The molecule has 1 aromatic carbocycles. The van der Waals surface area contributed by atoms with Gasteiger partial charge in [0.1, 0.15) is 11.1 Å².